The van der Waals surface area contributed by atoms with E-state index in [1.54, 1.807) is 18.0 Å². The average molecular weight is 323 g/mol. The Morgan fingerprint density at radius 1 is 1.04 bits per heavy atom. The molecule has 2 N–H and O–H groups in total. The third kappa shape index (κ3) is 5.05. The van der Waals surface area contributed by atoms with E-state index >= 15 is 0 Å². The first-order chi connectivity index (χ1) is 11.8. The number of pyridine rings is 1. The zero-order valence-electron chi connectivity index (χ0n) is 14.3. The molecule has 2 heterocycles. The first kappa shape index (κ1) is 16.4. The molecule has 0 fully saturated rings. The lowest BCUT2D eigenvalue weighted by molar-refractivity contribution is 0.679. The highest BCUT2D eigenvalue weighted by Crippen LogP contribution is 2.20. The van der Waals surface area contributed by atoms with E-state index in [1.165, 1.54) is 31.2 Å². The zero-order valence-corrected chi connectivity index (χ0v) is 14.3. The molecule has 0 radical (unpaired) electrons. The molecular formula is C19H25N5. The van der Waals surface area contributed by atoms with Crippen LogP contribution in [0.1, 0.15) is 43.5 Å². The summed E-state index contributed by atoms with van der Waals surface area (Å²) in [6.07, 6.45) is 12.3. The summed E-state index contributed by atoms with van der Waals surface area (Å²) >= 11 is 0. The van der Waals surface area contributed by atoms with Crippen molar-refractivity contribution in [1.29, 1.82) is 0 Å². The first-order valence-electron chi connectivity index (χ1n) is 8.70. The van der Waals surface area contributed by atoms with E-state index in [9.17, 15) is 0 Å². The lowest BCUT2D eigenvalue weighted by Gasteiger charge is -2.14. The Bertz CT molecular complexity index is 681. The van der Waals surface area contributed by atoms with Gasteiger partial charge in [-0.3, -0.25) is 4.98 Å². The van der Waals surface area contributed by atoms with Crippen molar-refractivity contribution < 1.29 is 0 Å². The fourth-order valence-corrected chi connectivity index (χ4v) is 2.92. The predicted octanol–water partition coefficient (Wildman–Crippen LogP) is 4.09. The zero-order chi connectivity index (χ0) is 16.6. The van der Waals surface area contributed by atoms with E-state index in [0.717, 1.165) is 37.0 Å². The Kier molecular flexibility index (Phi) is 5.77. The standard InChI is InChI=1S/C19H25N5/c1-15-23-18(21-12-9-16-5-3-2-4-6-16)13-19(24-15)22-14-17-7-10-20-11-8-17/h5,7-8,10-11,13H,2-4,6,9,12,14H2,1H3,(H2,21,22,23,24). The van der Waals surface area contributed by atoms with Crippen LogP contribution in [0.2, 0.25) is 0 Å². The molecular weight excluding hydrogens is 298 g/mol. The van der Waals surface area contributed by atoms with Crippen LogP contribution in [0.5, 0.6) is 0 Å². The minimum Gasteiger partial charge on any atom is -0.370 e. The fourth-order valence-electron chi connectivity index (χ4n) is 2.92. The Labute approximate surface area is 143 Å². The third-order valence-corrected chi connectivity index (χ3v) is 4.20. The normalized spacial score (nSPS) is 14.1. The molecule has 0 unspecified atom stereocenters. The van der Waals surface area contributed by atoms with Gasteiger partial charge in [0.25, 0.3) is 0 Å². The SMILES string of the molecule is Cc1nc(NCCC2=CCCCC2)cc(NCc2ccncc2)n1. The van der Waals surface area contributed by atoms with E-state index in [2.05, 4.69) is 31.7 Å². The van der Waals surface area contributed by atoms with Crippen molar-refractivity contribution >= 4 is 11.6 Å². The molecule has 24 heavy (non-hydrogen) atoms. The van der Waals surface area contributed by atoms with Crippen LogP contribution in [-0.2, 0) is 6.54 Å². The van der Waals surface area contributed by atoms with Crippen molar-refractivity contribution in [1.82, 2.24) is 15.0 Å². The van der Waals surface area contributed by atoms with Crippen LogP contribution in [-0.4, -0.2) is 21.5 Å². The van der Waals surface area contributed by atoms with Crippen molar-refractivity contribution in [3.05, 3.63) is 53.6 Å². The molecule has 0 atom stereocenters. The molecule has 5 heteroatoms. The van der Waals surface area contributed by atoms with Gasteiger partial charge in [-0.15, -0.1) is 0 Å². The second-order valence-electron chi connectivity index (χ2n) is 6.18. The largest absolute Gasteiger partial charge is 0.370 e. The Balaban J connectivity index is 1.54. The molecule has 0 bridgehead atoms. The van der Waals surface area contributed by atoms with Crippen LogP contribution in [0, 0.1) is 6.92 Å². The molecule has 1 aliphatic carbocycles. The average Bonchev–Trinajstić information content (AvgIpc) is 2.61. The number of aryl methyl sites for hydroxylation is 1. The Hall–Kier alpha value is -2.43. The van der Waals surface area contributed by atoms with Crippen molar-refractivity contribution in [3.8, 4) is 0 Å². The molecule has 0 aliphatic heterocycles. The highest BCUT2D eigenvalue weighted by atomic mass is 15.1. The third-order valence-electron chi connectivity index (χ3n) is 4.20. The van der Waals surface area contributed by atoms with E-state index < -0.39 is 0 Å². The van der Waals surface area contributed by atoms with Gasteiger partial charge >= 0.3 is 0 Å². The number of hydrogen-bond acceptors (Lipinski definition) is 5. The number of rotatable bonds is 7. The second-order valence-corrected chi connectivity index (χ2v) is 6.18. The van der Waals surface area contributed by atoms with Crippen LogP contribution < -0.4 is 10.6 Å². The molecule has 3 rings (SSSR count). The van der Waals surface area contributed by atoms with E-state index in [1.807, 2.05) is 25.1 Å². The van der Waals surface area contributed by atoms with Crippen LogP contribution in [0.4, 0.5) is 11.6 Å². The van der Waals surface area contributed by atoms with Gasteiger partial charge in [-0.2, -0.15) is 0 Å². The van der Waals surface area contributed by atoms with Gasteiger partial charge in [0.2, 0.25) is 0 Å². The molecule has 0 aromatic carbocycles. The lowest BCUT2D eigenvalue weighted by atomic mass is 9.97. The minimum atomic E-state index is 0.727. The summed E-state index contributed by atoms with van der Waals surface area (Å²) < 4.78 is 0. The topological polar surface area (TPSA) is 62.7 Å². The number of allylic oxidation sites excluding steroid dienone is 1. The molecule has 5 nitrogen and oxygen atoms in total. The van der Waals surface area contributed by atoms with Crippen LogP contribution >= 0.6 is 0 Å². The summed E-state index contributed by atoms with van der Waals surface area (Å²) in [5.74, 6) is 2.50. The lowest BCUT2D eigenvalue weighted by Crippen LogP contribution is -2.09. The van der Waals surface area contributed by atoms with Crippen molar-refractivity contribution in [2.45, 2.75) is 45.6 Å². The summed E-state index contributed by atoms with van der Waals surface area (Å²) in [6, 6.07) is 5.97. The number of anilines is 2. The van der Waals surface area contributed by atoms with Crippen molar-refractivity contribution in [2.24, 2.45) is 0 Å². The predicted molar refractivity (Wildman–Crippen MR) is 98.0 cm³/mol. The highest BCUT2D eigenvalue weighted by molar-refractivity contribution is 5.47. The van der Waals surface area contributed by atoms with Crippen molar-refractivity contribution in [2.75, 3.05) is 17.2 Å². The maximum atomic E-state index is 4.48. The van der Waals surface area contributed by atoms with E-state index in [0.29, 0.717) is 0 Å². The molecule has 2 aromatic heterocycles. The molecule has 0 amide bonds. The molecule has 0 saturated heterocycles. The quantitative estimate of drug-likeness (QED) is 0.751. The van der Waals surface area contributed by atoms with Gasteiger partial charge in [0.15, 0.2) is 0 Å². The summed E-state index contributed by atoms with van der Waals surface area (Å²) in [6.45, 7) is 3.57. The number of nitrogens with one attached hydrogen (secondary N) is 2. The minimum absolute atomic E-state index is 0.727. The van der Waals surface area contributed by atoms with Gasteiger partial charge in [-0.1, -0.05) is 11.6 Å². The van der Waals surface area contributed by atoms with Gasteiger partial charge < -0.3 is 10.6 Å². The van der Waals surface area contributed by atoms with Gasteiger partial charge in [-0.05, 0) is 56.7 Å². The summed E-state index contributed by atoms with van der Waals surface area (Å²) in [4.78, 5) is 13.0. The van der Waals surface area contributed by atoms with Gasteiger partial charge in [0.1, 0.15) is 17.5 Å². The van der Waals surface area contributed by atoms with Crippen LogP contribution in [0.25, 0.3) is 0 Å². The second kappa shape index (κ2) is 8.43. The van der Waals surface area contributed by atoms with Crippen molar-refractivity contribution in [3.63, 3.8) is 0 Å². The smallest absolute Gasteiger partial charge is 0.132 e. The van der Waals surface area contributed by atoms with Gasteiger partial charge in [0, 0.05) is 31.5 Å². The maximum Gasteiger partial charge on any atom is 0.132 e. The van der Waals surface area contributed by atoms with Gasteiger partial charge in [-0.25, -0.2) is 9.97 Å². The monoisotopic (exact) mass is 323 g/mol. The molecule has 0 spiro atoms. The summed E-state index contributed by atoms with van der Waals surface area (Å²) in [5, 5.41) is 6.78. The molecule has 0 saturated carbocycles. The van der Waals surface area contributed by atoms with E-state index in [-0.39, 0.29) is 0 Å². The molecule has 126 valence electrons. The first-order valence-corrected chi connectivity index (χ1v) is 8.70. The van der Waals surface area contributed by atoms with Crippen LogP contribution in [0.15, 0.2) is 42.2 Å². The number of hydrogen-bond donors (Lipinski definition) is 2. The Morgan fingerprint density at radius 3 is 2.58 bits per heavy atom. The Morgan fingerprint density at radius 2 is 1.83 bits per heavy atom. The summed E-state index contributed by atoms with van der Waals surface area (Å²) in [7, 11) is 0. The highest BCUT2D eigenvalue weighted by Gasteiger charge is 2.05. The molecule has 1 aliphatic rings. The number of aromatic nitrogens is 3. The number of nitrogens with zero attached hydrogens (tertiary/aromatic N) is 3. The maximum absolute atomic E-state index is 4.48. The van der Waals surface area contributed by atoms with Gasteiger partial charge in [0.05, 0.1) is 0 Å². The fraction of sp³-hybridized carbons (Fsp3) is 0.421. The summed E-state index contributed by atoms with van der Waals surface area (Å²) in [5.41, 5.74) is 2.76. The van der Waals surface area contributed by atoms with Crippen LogP contribution in [0.3, 0.4) is 0 Å². The van der Waals surface area contributed by atoms with E-state index in [4.69, 9.17) is 0 Å². The molecule has 2 aromatic rings.